The minimum atomic E-state index is -0.293. The standard InChI is InChI=1S/C16H18FN3O/c1-4-18-15-8-11(3)19-9-13(15)16(21)20-12-5-6-14(17)10(2)7-12/h5-9H,4H2,1-3H3,(H,18,19)(H,20,21). The van der Waals surface area contributed by atoms with Crippen LogP contribution in [0.3, 0.4) is 0 Å². The van der Waals surface area contributed by atoms with Crippen LogP contribution in [0.25, 0.3) is 0 Å². The molecule has 0 aliphatic carbocycles. The van der Waals surface area contributed by atoms with Gasteiger partial charge in [-0.15, -0.1) is 0 Å². The smallest absolute Gasteiger partial charge is 0.259 e. The van der Waals surface area contributed by atoms with Gasteiger partial charge in [-0.05, 0) is 50.6 Å². The third kappa shape index (κ3) is 3.56. The Bertz CT molecular complexity index is 671. The quantitative estimate of drug-likeness (QED) is 0.904. The molecule has 2 N–H and O–H groups in total. The van der Waals surface area contributed by atoms with E-state index >= 15 is 0 Å². The monoisotopic (exact) mass is 287 g/mol. The molecule has 0 atom stereocenters. The van der Waals surface area contributed by atoms with E-state index in [1.807, 2.05) is 19.9 Å². The predicted molar refractivity (Wildman–Crippen MR) is 82.2 cm³/mol. The van der Waals surface area contributed by atoms with Crippen molar-refractivity contribution in [3.8, 4) is 0 Å². The highest BCUT2D eigenvalue weighted by Crippen LogP contribution is 2.19. The number of benzene rings is 1. The van der Waals surface area contributed by atoms with Gasteiger partial charge in [0, 0.05) is 24.1 Å². The van der Waals surface area contributed by atoms with Crippen molar-refractivity contribution in [3.63, 3.8) is 0 Å². The average Bonchev–Trinajstić information content (AvgIpc) is 2.43. The lowest BCUT2D eigenvalue weighted by Crippen LogP contribution is -2.15. The largest absolute Gasteiger partial charge is 0.385 e. The van der Waals surface area contributed by atoms with Gasteiger partial charge in [-0.2, -0.15) is 0 Å². The average molecular weight is 287 g/mol. The first-order chi connectivity index (χ1) is 10.0. The highest BCUT2D eigenvalue weighted by molar-refractivity contribution is 6.07. The second kappa shape index (κ2) is 6.35. The number of rotatable bonds is 4. The molecular formula is C16H18FN3O. The molecule has 1 aromatic carbocycles. The van der Waals surface area contributed by atoms with Crippen molar-refractivity contribution in [2.24, 2.45) is 0 Å². The maximum absolute atomic E-state index is 13.2. The third-order valence-corrected chi connectivity index (χ3v) is 3.07. The van der Waals surface area contributed by atoms with Gasteiger partial charge >= 0.3 is 0 Å². The number of halogens is 1. The summed E-state index contributed by atoms with van der Waals surface area (Å²) in [4.78, 5) is 16.5. The lowest BCUT2D eigenvalue weighted by molar-refractivity contribution is 0.102. The summed E-state index contributed by atoms with van der Waals surface area (Å²) in [6, 6.07) is 6.30. The van der Waals surface area contributed by atoms with Gasteiger partial charge in [0.2, 0.25) is 0 Å². The van der Waals surface area contributed by atoms with Crippen LogP contribution in [-0.4, -0.2) is 17.4 Å². The molecule has 0 aliphatic rings. The predicted octanol–water partition coefficient (Wildman–Crippen LogP) is 3.52. The lowest BCUT2D eigenvalue weighted by atomic mass is 10.1. The third-order valence-electron chi connectivity index (χ3n) is 3.07. The summed E-state index contributed by atoms with van der Waals surface area (Å²) in [7, 11) is 0. The fourth-order valence-electron chi connectivity index (χ4n) is 2.00. The van der Waals surface area contributed by atoms with Crippen LogP contribution in [0.1, 0.15) is 28.5 Å². The lowest BCUT2D eigenvalue weighted by Gasteiger charge is -2.12. The molecule has 0 unspecified atom stereocenters. The van der Waals surface area contributed by atoms with Crippen LogP contribution < -0.4 is 10.6 Å². The Morgan fingerprint density at radius 3 is 2.71 bits per heavy atom. The molecule has 110 valence electrons. The zero-order valence-corrected chi connectivity index (χ0v) is 12.3. The Hall–Kier alpha value is -2.43. The number of carbonyl (C=O) groups is 1. The summed E-state index contributed by atoms with van der Waals surface area (Å²) in [5.41, 5.74) is 3.08. The van der Waals surface area contributed by atoms with E-state index < -0.39 is 0 Å². The summed E-state index contributed by atoms with van der Waals surface area (Å²) in [6.07, 6.45) is 1.54. The van der Waals surface area contributed by atoms with E-state index in [0.29, 0.717) is 23.4 Å². The normalized spacial score (nSPS) is 10.3. The number of anilines is 2. The van der Waals surface area contributed by atoms with Crippen molar-refractivity contribution < 1.29 is 9.18 Å². The van der Waals surface area contributed by atoms with Gasteiger partial charge in [0.25, 0.3) is 5.91 Å². The molecule has 1 heterocycles. The molecule has 5 heteroatoms. The van der Waals surface area contributed by atoms with Crippen molar-refractivity contribution >= 4 is 17.3 Å². The first-order valence-corrected chi connectivity index (χ1v) is 6.79. The van der Waals surface area contributed by atoms with Crippen molar-refractivity contribution in [1.29, 1.82) is 0 Å². The Morgan fingerprint density at radius 2 is 2.05 bits per heavy atom. The van der Waals surface area contributed by atoms with Crippen molar-refractivity contribution in [2.45, 2.75) is 20.8 Å². The van der Waals surface area contributed by atoms with E-state index in [9.17, 15) is 9.18 Å². The molecule has 0 bridgehead atoms. The topological polar surface area (TPSA) is 54.0 Å². The summed E-state index contributed by atoms with van der Waals surface area (Å²) in [5.74, 6) is -0.567. The summed E-state index contributed by atoms with van der Waals surface area (Å²) < 4.78 is 13.2. The SMILES string of the molecule is CCNc1cc(C)ncc1C(=O)Nc1ccc(F)c(C)c1. The van der Waals surface area contributed by atoms with Crippen LogP contribution in [0, 0.1) is 19.7 Å². The van der Waals surface area contributed by atoms with Crippen molar-refractivity contribution in [2.75, 3.05) is 17.2 Å². The Morgan fingerprint density at radius 1 is 1.29 bits per heavy atom. The van der Waals surface area contributed by atoms with Gasteiger partial charge in [-0.25, -0.2) is 4.39 Å². The van der Waals surface area contributed by atoms with Gasteiger partial charge in [0.1, 0.15) is 5.82 Å². The summed E-state index contributed by atoms with van der Waals surface area (Å²) >= 11 is 0. The molecule has 0 saturated heterocycles. The zero-order chi connectivity index (χ0) is 15.4. The number of aryl methyl sites for hydroxylation is 2. The molecule has 1 aromatic heterocycles. The second-order valence-electron chi connectivity index (χ2n) is 4.82. The van der Waals surface area contributed by atoms with Gasteiger partial charge in [0.15, 0.2) is 0 Å². The van der Waals surface area contributed by atoms with E-state index in [2.05, 4.69) is 15.6 Å². The van der Waals surface area contributed by atoms with Crippen LogP contribution in [0.15, 0.2) is 30.5 Å². The highest BCUT2D eigenvalue weighted by Gasteiger charge is 2.13. The van der Waals surface area contributed by atoms with Crippen LogP contribution in [0.2, 0.25) is 0 Å². The first kappa shape index (κ1) is 15.0. The molecule has 0 saturated carbocycles. The minimum absolute atomic E-state index is 0.274. The van der Waals surface area contributed by atoms with Gasteiger partial charge in [-0.1, -0.05) is 0 Å². The maximum Gasteiger partial charge on any atom is 0.259 e. The molecule has 1 amide bonds. The molecule has 0 aliphatic heterocycles. The maximum atomic E-state index is 13.2. The molecule has 4 nitrogen and oxygen atoms in total. The van der Waals surface area contributed by atoms with Crippen LogP contribution in [0.4, 0.5) is 15.8 Å². The van der Waals surface area contributed by atoms with Crippen molar-refractivity contribution in [3.05, 3.63) is 53.1 Å². The number of amides is 1. The Labute approximate surface area is 123 Å². The fourth-order valence-corrected chi connectivity index (χ4v) is 2.00. The molecular weight excluding hydrogens is 269 g/mol. The van der Waals surface area contributed by atoms with Gasteiger partial charge in [-0.3, -0.25) is 9.78 Å². The molecule has 2 rings (SSSR count). The Balaban J connectivity index is 2.25. The number of nitrogens with zero attached hydrogens (tertiary/aromatic N) is 1. The summed E-state index contributed by atoms with van der Waals surface area (Å²) in [6.45, 7) is 6.19. The van der Waals surface area contributed by atoms with E-state index in [0.717, 1.165) is 11.4 Å². The van der Waals surface area contributed by atoms with Gasteiger partial charge in [0.05, 0.1) is 11.3 Å². The van der Waals surface area contributed by atoms with E-state index in [-0.39, 0.29) is 11.7 Å². The van der Waals surface area contributed by atoms with Crippen LogP contribution in [0.5, 0.6) is 0 Å². The number of hydrogen-bond donors (Lipinski definition) is 2. The molecule has 0 radical (unpaired) electrons. The minimum Gasteiger partial charge on any atom is -0.385 e. The van der Waals surface area contributed by atoms with E-state index in [4.69, 9.17) is 0 Å². The van der Waals surface area contributed by atoms with E-state index in [1.165, 1.54) is 12.1 Å². The van der Waals surface area contributed by atoms with Gasteiger partial charge < -0.3 is 10.6 Å². The molecule has 2 aromatic rings. The molecule has 21 heavy (non-hydrogen) atoms. The number of aromatic nitrogens is 1. The zero-order valence-electron chi connectivity index (χ0n) is 12.3. The number of nitrogens with one attached hydrogen (secondary N) is 2. The first-order valence-electron chi connectivity index (χ1n) is 6.79. The number of hydrogen-bond acceptors (Lipinski definition) is 3. The second-order valence-corrected chi connectivity index (χ2v) is 4.82. The molecule has 0 fully saturated rings. The van der Waals surface area contributed by atoms with E-state index in [1.54, 1.807) is 19.2 Å². The highest BCUT2D eigenvalue weighted by atomic mass is 19.1. The number of pyridine rings is 1. The summed E-state index contributed by atoms with van der Waals surface area (Å²) in [5, 5.41) is 5.90. The molecule has 0 spiro atoms. The van der Waals surface area contributed by atoms with Crippen molar-refractivity contribution in [1.82, 2.24) is 4.98 Å². The van der Waals surface area contributed by atoms with Crippen LogP contribution in [-0.2, 0) is 0 Å². The number of carbonyl (C=O) groups excluding carboxylic acids is 1. The Kier molecular flexibility index (Phi) is 4.52. The van der Waals surface area contributed by atoms with Crippen LogP contribution >= 0.6 is 0 Å². The fraction of sp³-hybridized carbons (Fsp3) is 0.250.